The first-order valence-corrected chi connectivity index (χ1v) is 13.8. The summed E-state index contributed by atoms with van der Waals surface area (Å²) in [5, 5.41) is 11.5. The fourth-order valence-electron chi connectivity index (χ4n) is 5.28. The molecular weight excluding hydrogens is 528 g/mol. The van der Waals surface area contributed by atoms with Crippen molar-refractivity contribution in [2.75, 3.05) is 10.2 Å². The zero-order chi connectivity index (χ0) is 29.5. The van der Waals surface area contributed by atoms with Gasteiger partial charge in [0.25, 0.3) is 5.91 Å². The van der Waals surface area contributed by atoms with Crippen LogP contribution in [-0.2, 0) is 18.4 Å². The lowest BCUT2D eigenvalue weighted by Gasteiger charge is -2.17. The van der Waals surface area contributed by atoms with E-state index in [4.69, 9.17) is 4.98 Å². The zero-order valence-corrected chi connectivity index (χ0v) is 24.2. The number of fused-ring (bicyclic) bond motifs is 2. The van der Waals surface area contributed by atoms with Crippen molar-refractivity contribution in [2.45, 2.75) is 40.3 Å². The Labute approximate surface area is 243 Å². The fourth-order valence-corrected chi connectivity index (χ4v) is 5.28. The van der Waals surface area contributed by atoms with Crippen LogP contribution in [0.5, 0.6) is 0 Å². The Morgan fingerprint density at radius 3 is 2.69 bits per heavy atom. The molecule has 6 rings (SSSR count). The van der Waals surface area contributed by atoms with Gasteiger partial charge in [-0.25, -0.2) is 9.97 Å². The second-order valence-corrected chi connectivity index (χ2v) is 10.8. The maximum absolute atomic E-state index is 13.6. The molecule has 10 nitrogen and oxygen atoms in total. The number of aryl methyl sites for hydroxylation is 3. The first-order chi connectivity index (χ1) is 20.2. The summed E-state index contributed by atoms with van der Waals surface area (Å²) in [4.78, 5) is 40.3. The highest BCUT2D eigenvalue weighted by Gasteiger charge is 2.31. The van der Waals surface area contributed by atoms with Gasteiger partial charge in [-0.05, 0) is 62.6 Å². The molecule has 2 aromatic carbocycles. The van der Waals surface area contributed by atoms with E-state index < -0.39 is 0 Å². The van der Waals surface area contributed by atoms with E-state index in [9.17, 15) is 9.59 Å². The third-order valence-electron chi connectivity index (χ3n) is 7.41. The average Bonchev–Trinajstić information content (AvgIpc) is 3.63. The number of nitrogens with one attached hydrogen (secondary N) is 3. The number of aromatic nitrogens is 5. The fraction of sp³-hybridized carbons (Fsp3) is 0.219. The van der Waals surface area contributed by atoms with Crippen molar-refractivity contribution in [3.05, 3.63) is 88.9 Å². The molecule has 42 heavy (non-hydrogen) atoms. The van der Waals surface area contributed by atoms with E-state index in [0.29, 0.717) is 23.9 Å². The van der Waals surface area contributed by atoms with Crippen molar-refractivity contribution < 1.29 is 9.59 Å². The monoisotopic (exact) mass is 560 g/mol. The van der Waals surface area contributed by atoms with Gasteiger partial charge in [0.1, 0.15) is 0 Å². The van der Waals surface area contributed by atoms with Crippen molar-refractivity contribution in [2.24, 2.45) is 7.05 Å². The lowest BCUT2D eigenvalue weighted by Crippen LogP contribution is -2.28. The molecular formula is C32H32N8O2. The number of aromatic amines is 1. The van der Waals surface area contributed by atoms with Gasteiger partial charge in [-0.3, -0.25) is 14.3 Å². The summed E-state index contributed by atoms with van der Waals surface area (Å²) in [5.74, 6) is 0.881. The average molecular weight is 561 g/mol. The van der Waals surface area contributed by atoms with E-state index >= 15 is 0 Å². The predicted molar refractivity (Wildman–Crippen MR) is 165 cm³/mol. The van der Waals surface area contributed by atoms with E-state index in [1.165, 1.54) is 6.08 Å². The van der Waals surface area contributed by atoms with Crippen molar-refractivity contribution in [1.82, 2.24) is 30.0 Å². The van der Waals surface area contributed by atoms with Gasteiger partial charge in [0.05, 0.1) is 23.4 Å². The number of nitrogens with zero attached hydrogens (tertiary/aromatic N) is 5. The number of amides is 2. The van der Waals surface area contributed by atoms with Crippen LogP contribution in [-0.4, -0.2) is 42.6 Å². The summed E-state index contributed by atoms with van der Waals surface area (Å²) in [6, 6.07) is 13.5. The van der Waals surface area contributed by atoms with Crippen LogP contribution in [0.2, 0.25) is 0 Å². The molecule has 0 saturated carbocycles. The van der Waals surface area contributed by atoms with Gasteiger partial charge in [-0.2, -0.15) is 5.10 Å². The van der Waals surface area contributed by atoms with Crippen LogP contribution in [0.3, 0.4) is 0 Å². The molecule has 0 aliphatic carbocycles. The quantitative estimate of drug-likeness (QED) is 0.229. The van der Waals surface area contributed by atoms with Crippen molar-refractivity contribution >= 4 is 46.2 Å². The highest BCUT2D eigenvalue weighted by Crippen LogP contribution is 2.38. The molecule has 1 aliphatic rings. The molecule has 0 saturated heterocycles. The highest BCUT2D eigenvalue weighted by atomic mass is 16.2. The van der Waals surface area contributed by atoms with Gasteiger partial charge in [0, 0.05) is 59.8 Å². The number of H-pyrrole nitrogens is 1. The van der Waals surface area contributed by atoms with Crippen LogP contribution in [0, 0.1) is 13.8 Å². The molecule has 0 spiro atoms. The standard InChI is InChI=1S/C32H32N8O2/c1-18(2)35-28(41)13-12-21-8-6-10-23-25(21)17-40(31(23)42)26-11-7-9-22-24(16-33-30(22)26)29-19(3)15-34-32(37-29)36-27-14-20(4)39(5)38-27/h6-16,18,33H,17H2,1-5H3,(H,35,41)(H,34,36,37,38)/b13-12+. The molecule has 0 fully saturated rings. The Morgan fingerprint density at radius 2 is 1.93 bits per heavy atom. The molecule has 3 N–H and O–H groups in total. The zero-order valence-electron chi connectivity index (χ0n) is 24.2. The Hall–Kier alpha value is -5.25. The van der Waals surface area contributed by atoms with E-state index in [0.717, 1.165) is 50.2 Å². The lowest BCUT2D eigenvalue weighted by atomic mass is 10.0. The molecule has 212 valence electrons. The maximum Gasteiger partial charge on any atom is 0.259 e. The van der Waals surface area contributed by atoms with E-state index in [-0.39, 0.29) is 17.9 Å². The number of para-hydroxylation sites is 1. The van der Waals surface area contributed by atoms with E-state index in [1.807, 2.05) is 83.4 Å². The number of rotatable bonds is 7. The molecule has 0 atom stereocenters. The van der Waals surface area contributed by atoms with Crippen LogP contribution in [0.15, 0.2) is 60.9 Å². The van der Waals surface area contributed by atoms with E-state index in [2.05, 4.69) is 25.7 Å². The lowest BCUT2D eigenvalue weighted by molar-refractivity contribution is -0.116. The summed E-state index contributed by atoms with van der Waals surface area (Å²) >= 11 is 0. The summed E-state index contributed by atoms with van der Waals surface area (Å²) < 4.78 is 1.79. The van der Waals surface area contributed by atoms with Crippen LogP contribution in [0.25, 0.3) is 28.2 Å². The van der Waals surface area contributed by atoms with Gasteiger partial charge < -0.3 is 20.5 Å². The summed E-state index contributed by atoms with van der Waals surface area (Å²) in [7, 11) is 1.89. The molecule has 2 amide bonds. The van der Waals surface area contributed by atoms with Gasteiger partial charge in [0.2, 0.25) is 11.9 Å². The second kappa shape index (κ2) is 10.6. The third-order valence-corrected chi connectivity index (χ3v) is 7.41. The molecule has 3 aromatic heterocycles. The summed E-state index contributed by atoms with van der Waals surface area (Å²) in [5.41, 5.74) is 7.64. The number of carbonyl (C=O) groups excluding carboxylic acids is 2. The van der Waals surface area contributed by atoms with Crippen molar-refractivity contribution in [3.8, 4) is 11.3 Å². The minimum atomic E-state index is -0.166. The normalized spacial score (nSPS) is 13.0. The highest BCUT2D eigenvalue weighted by molar-refractivity contribution is 6.15. The third kappa shape index (κ3) is 4.91. The van der Waals surface area contributed by atoms with Crippen molar-refractivity contribution in [1.29, 1.82) is 0 Å². The summed E-state index contributed by atoms with van der Waals surface area (Å²) in [6.45, 7) is 8.19. The molecule has 4 heterocycles. The number of hydrogen-bond acceptors (Lipinski definition) is 6. The Balaban J connectivity index is 1.33. The van der Waals surface area contributed by atoms with Gasteiger partial charge >= 0.3 is 0 Å². The molecule has 0 radical (unpaired) electrons. The first-order valence-electron chi connectivity index (χ1n) is 13.8. The minimum absolute atomic E-state index is 0.0472. The molecule has 1 aliphatic heterocycles. The largest absolute Gasteiger partial charge is 0.359 e. The van der Waals surface area contributed by atoms with Crippen LogP contribution in [0.1, 0.15) is 46.6 Å². The molecule has 0 unspecified atom stereocenters. The number of hydrogen-bond donors (Lipinski definition) is 3. The van der Waals surface area contributed by atoms with Crippen LogP contribution >= 0.6 is 0 Å². The topological polar surface area (TPSA) is 121 Å². The smallest absolute Gasteiger partial charge is 0.259 e. The van der Waals surface area contributed by atoms with Crippen molar-refractivity contribution in [3.63, 3.8) is 0 Å². The second-order valence-electron chi connectivity index (χ2n) is 10.8. The minimum Gasteiger partial charge on any atom is -0.359 e. The maximum atomic E-state index is 13.6. The van der Waals surface area contributed by atoms with Gasteiger partial charge in [0.15, 0.2) is 5.82 Å². The number of anilines is 3. The number of carbonyl (C=O) groups is 2. The molecule has 0 bridgehead atoms. The van der Waals surface area contributed by atoms with Gasteiger partial charge in [-0.1, -0.05) is 24.3 Å². The van der Waals surface area contributed by atoms with E-state index in [1.54, 1.807) is 21.9 Å². The summed E-state index contributed by atoms with van der Waals surface area (Å²) in [6.07, 6.45) is 7.01. The number of benzene rings is 2. The van der Waals surface area contributed by atoms with Crippen LogP contribution < -0.4 is 15.5 Å². The SMILES string of the molecule is Cc1cnc(Nc2cc(C)n(C)n2)nc1-c1c[nH]c2c(N3Cc4c(/C=C/C(=O)NC(C)C)cccc4C3=O)cccc12. The predicted octanol–water partition coefficient (Wildman–Crippen LogP) is 5.42. The first kappa shape index (κ1) is 26.9. The molecule has 10 heteroatoms. The molecule has 5 aromatic rings. The Bertz CT molecular complexity index is 1860. The van der Waals surface area contributed by atoms with Crippen LogP contribution in [0.4, 0.5) is 17.5 Å². The Morgan fingerprint density at radius 1 is 1.12 bits per heavy atom. The van der Waals surface area contributed by atoms with Gasteiger partial charge in [-0.15, -0.1) is 0 Å². The Kier molecular flexibility index (Phi) is 6.82.